The fourth-order valence-electron chi connectivity index (χ4n) is 3.26. The Morgan fingerprint density at radius 1 is 1.07 bits per heavy atom. The molecule has 2 aromatic carbocycles. The van der Waals surface area contributed by atoms with Crippen LogP contribution >= 0.6 is 0 Å². The first-order valence-corrected chi connectivity index (χ1v) is 9.10. The Hall–Kier alpha value is -2.57. The van der Waals surface area contributed by atoms with Gasteiger partial charge in [0.25, 0.3) is 5.91 Å². The molecule has 6 heteroatoms. The van der Waals surface area contributed by atoms with E-state index in [0.29, 0.717) is 17.1 Å². The molecule has 0 saturated carbocycles. The van der Waals surface area contributed by atoms with E-state index in [4.69, 9.17) is 14.2 Å². The lowest BCUT2D eigenvalue weighted by Gasteiger charge is -2.31. The quantitative estimate of drug-likeness (QED) is 0.812. The maximum atomic E-state index is 13.0. The van der Waals surface area contributed by atoms with Crippen LogP contribution in [0.15, 0.2) is 48.5 Å². The predicted octanol–water partition coefficient (Wildman–Crippen LogP) is 2.51. The summed E-state index contributed by atoms with van der Waals surface area (Å²) in [6.07, 6.45) is 0. The first-order valence-electron chi connectivity index (χ1n) is 9.10. The number of amides is 1. The second-order valence-electron chi connectivity index (χ2n) is 6.39. The van der Waals surface area contributed by atoms with Crippen molar-refractivity contribution in [3.05, 3.63) is 59.7 Å². The number of benzene rings is 2. The lowest BCUT2D eigenvalue weighted by Crippen LogP contribution is -2.43. The van der Waals surface area contributed by atoms with Crippen molar-refractivity contribution in [1.82, 2.24) is 10.2 Å². The van der Waals surface area contributed by atoms with Crippen molar-refractivity contribution in [1.29, 1.82) is 0 Å². The molecule has 0 aliphatic carbocycles. The number of nitrogens with one attached hydrogen (secondary N) is 1. The van der Waals surface area contributed by atoms with Crippen molar-refractivity contribution in [3.8, 4) is 11.5 Å². The zero-order valence-electron chi connectivity index (χ0n) is 15.8. The molecular weight excluding hydrogens is 344 g/mol. The first-order chi connectivity index (χ1) is 13.2. The average molecular weight is 370 g/mol. The van der Waals surface area contributed by atoms with E-state index < -0.39 is 0 Å². The van der Waals surface area contributed by atoms with E-state index in [1.54, 1.807) is 25.3 Å². The average Bonchev–Trinajstić information content (AvgIpc) is 2.73. The summed E-state index contributed by atoms with van der Waals surface area (Å²) in [5.41, 5.74) is 1.53. The topological polar surface area (TPSA) is 60.0 Å². The van der Waals surface area contributed by atoms with Crippen LogP contribution in [0.3, 0.4) is 0 Å². The van der Waals surface area contributed by atoms with E-state index in [1.165, 1.54) is 7.11 Å². The summed E-state index contributed by atoms with van der Waals surface area (Å²) >= 11 is 0. The highest BCUT2D eigenvalue weighted by Crippen LogP contribution is 2.31. The van der Waals surface area contributed by atoms with Gasteiger partial charge < -0.3 is 19.5 Å². The number of carbonyl (C=O) groups is 1. The fourth-order valence-corrected chi connectivity index (χ4v) is 3.26. The molecule has 1 unspecified atom stereocenters. The number of methoxy groups -OCH3 is 2. The van der Waals surface area contributed by atoms with Crippen molar-refractivity contribution in [2.45, 2.75) is 6.04 Å². The Bertz CT molecular complexity index is 745. The molecule has 1 fully saturated rings. The molecule has 144 valence electrons. The molecule has 1 aliphatic rings. The van der Waals surface area contributed by atoms with Gasteiger partial charge in [-0.3, -0.25) is 9.69 Å². The molecule has 3 rings (SSSR count). The van der Waals surface area contributed by atoms with Gasteiger partial charge in [-0.15, -0.1) is 0 Å². The molecule has 6 nitrogen and oxygen atoms in total. The molecule has 1 saturated heterocycles. The molecular formula is C21H26N2O4. The molecule has 27 heavy (non-hydrogen) atoms. The second kappa shape index (κ2) is 9.39. The van der Waals surface area contributed by atoms with Gasteiger partial charge in [0.05, 0.1) is 39.0 Å². The Balaban J connectivity index is 1.82. The molecule has 1 heterocycles. The van der Waals surface area contributed by atoms with E-state index in [2.05, 4.69) is 10.2 Å². The van der Waals surface area contributed by atoms with Gasteiger partial charge in [-0.2, -0.15) is 0 Å². The number of nitrogens with zero attached hydrogens (tertiary/aromatic N) is 1. The van der Waals surface area contributed by atoms with Crippen LogP contribution in [0.5, 0.6) is 11.5 Å². The summed E-state index contributed by atoms with van der Waals surface area (Å²) in [4.78, 5) is 15.3. The zero-order chi connectivity index (χ0) is 19.1. The standard InChI is InChI=1S/C21H26N2O4/c1-25-19-10-6-9-17(20(19)26-2)21(24)22-18(16-7-4-3-5-8-16)15-23-11-13-27-14-12-23/h3-10,18H,11-15H2,1-2H3,(H,22,24). The Kier molecular flexibility index (Phi) is 6.68. The van der Waals surface area contributed by atoms with Crippen LogP contribution in [0.2, 0.25) is 0 Å². The van der Waals surface area contributed by atoms with E-state index in [0.717, 1.165) is 38.4 Å². The normalized spacial score (nSPS) is 15.8. The van der Waals surface area contributed by atoms with Crippen molar-refractivity contribution >= 4 is 5.91 Å². The van der Waals surface area contributed by atoms with Crippen LogP contribution in [0.1, 0.15) is 22.0 Å². The molecule has 0 spiro atoms. The van der Waals surface area contributed by atoms with E-state index in [9.17, 15) is 4.79 Å². The molecule has 1 aliphatic heterocycles. The van der Waals surface area contributed by atoms with Gasteiger partial charge in [0, 0.05) is 19.6 Å². The number of para-hydroxylation sites is 1. The number of hydrogen-bond donors (Lipinski definition) is 1. The minimum absolute atomic E-state index is 0.132. The van der Waals surface area contributed by atoms with Gasteiger partial charge in [0.1, 0.15) is 0 Å². The largest absolute Gasteiger partial charge is 0.493 e. The third-order valence-corrected chi connectivity index (χ3v) is 4.70. The zero-order valence-corrected chi connectivity index (χ0v) is 15.8. The number of ether oxygens (including phenoxy) is 3. The van der Waals surface area contributed by atoms with Gasteiger partial charge in [-0.05, 0) is 17.7 Å². The molecule has 1 N–H and O–H groups in total. The molecule has 0 bridgehead atoms. The number of morpholine rings is 1. The number of carbonyl (C=O) groups excluding carboxylic acids is 1. The lowest BCUT2D eigenvalue weighted by atomic mass is 10.0. The minimum Gasteiger partial charge on any atom is -0.493 e. The summed E-state index contributed by atoms with van der Waals surface area (Å²) in [5, 5.41) is 3.17. The molecule has 0 aromatic heterocycles. The van der Waals surface area contributed by atoms with Crippen molar-refractivity contribution in [3.63, 3.8) is 0 Å². The summed E-state index contributed by atoms with van der Waals surface area (Å²) in [7, 11) is 3.10. The maximum Gasteiger partial charge on any atom is 0.255 e. The summed E-state index contributed by atoms with van der Waals surface area (Å²) in [6.45, 7) is 3.90. The van der Waals surface area contributed by atoms with Gasteiger partial charge in [0.2, 0.25) is 0 Å². The summed E-state index contributed by atoms with van der Waals surface area (Å²) in [6, 6.07) is 15.2. The SMILES string of the molecule is COc1cccc(C(=O)NC(CN2CCOCC2)c2ccccc2)c1OC. The van der Waals surface area contributed by atoms with Crippen molar-refractivity contribution in [2.75, 3.05) is 47.1 Å². The third-order valence-electron chi connectivity index (χ3n) is 4.70. The predicted molar refractivity (Wildman–Crippen MR) is 103 cm³/mol. The monoisotopic (exact) mass is 370 g/mol. The fraction of sp³-hybridized carbons (Fsp3) is 0.381. The summed E-state index contributed by atoms with van der Waals surface area (Å²) in [5.74, 6) is 0.790. The second-order valence-corrected chi connectivity index (χ2v) is 6.39. The van der Waals surface area contributed by atoms with Crippen LogP contribution < -0.4 is 14.8 Å². The Morgan fingerprint density at radius 2 is 1.81 bits per heavy atom. The van der Waals surface area contributed by atoms with Crippen molar-refractivity contribution < 1.29 is 19.0 Å². The summed E-state index contributed by atoms with van der Waals surface area (Å²) < 4.78 is 16.2. The third kappa shape index (κ3) is 4.78. The van der Waals surface area contributed by atoms with Gasteiger partial charge in [0.15, 0.2) is 11.5 Å². The van der Waals surface area contributed by atoms with Crippen LogP contribution in [0, 0.1) is 0 Å². The highest BCUT2D eigenvalue weighted by atomic mass is 16.5. The van der Waals surface area contributed by atoms with E-state index >= 15 is 0 Å². The van der Waals surface area contributed by atoms with Gasteiger partial charge in [-0.25, -0.2) is 0 Å². The smallest absolute Gasteiger partial charge is 0.255 e. The Morgan fingerprint density at radius 3 is 2.48 bits per heavy atom. The van der Waals surface area contributed by atoms with Crippen molar-refractivity contribution in [2.24, 2.45) is 0 Å². The maximum absolute atomic E-state index is 13.0. The van der Waals surface area contributed by atoms with Crippen LogP contribution in [-0.2, 0) is 4.74 Å². The van der Waals surface area contributed by atoms with Gasteiger partial charge in [-0.1, -0.05) is 36.4 Å². The highest BCUT2D eigenvalue weighted by Gasteiger charge is 2.23. The molecule has 0 radical (unpaired) electrons. The minimum atomic E-state index is -0.187. The van der Waals surface area contributed by atoms with Crippen LogP contribution in [0.25, 0.3) is 0 Å². The van der Waals surface area contributed by atoms with E-state index in [-0.39, 0.29) is 11.9 Å². The number of rotatable bonds is 7. The first kappa shape index (κ1) is 19.2. The molecule has 1 amide bonds. The number of hydrogen-bond acceptors (Lipinski definition) is 5. The Labute approximate surface area is 160 Å². The lowest BCUT2D eigenvalue weighted by molar-refractivity contribution is 0.0332. The van der Waals surface area contributed by atoms with Crippen LogP contribution in [0.4, 0.5) is 0 Å². The van der Waals surface area contributed by atoms with Gasteiger partial charge >= 0.3 is 0 Å². The molecule has 2 aromatic rings. The molecule has 1 atom stereocenters. The van der Waals surface area contributed by atoms with E-state index in [1.807, 2.05) is 30.3 Å². The highest BCUT2D eigenvalue weighted by molar-refractivity contribution is 5.98. The van der Waals surface area contributed by atoms with Crippen LogP contribution in [-0.4, -0.2) is 57.9 Å².